The van der Waals surface area contributed by atoms with Crippen molar-refractivity contribution in [2.45, 2.75) is 46.7 Å². The van der Waals surface area contributed by atoms with E-state index in [9.17, 15) is 18.0 Å². The quantitative estimate of drug-likeness (QED) is 0.361. The van der Waals surface area contributed by atoms with Gasteiger partial charge in [0.1, 0.15) is 12.6 Å². The van der Waals surface area contributed by atoms with E-state index in [1.165, 1.54) is 4.90 Å². The Balaban J connectivity index is 2.06. The number of benzene rings is 3. The zero-order chi connectivity index (χ0) is 28.6. The van der Waals surface area contributed by atoms with Gasteiger partial charge in [0.25, 0.3) is 0 Å². The number of rotatable bonds is 12. The molecule has 1 atom stereocenters. The number of carbonyl (C=O) groups excluding carboxylic acids is 2. The SMILES string of the molecule is Cc1cccc(C)c1N(CC(=O)N(Cc1ccccc1)[C@@H](Cc1ccccc1)C(=O)NCC(C)C)S(C)(=O)=O. The number of anilines is 1. The third-order valence-electron chi connectivity index (χ3n) is 6.52. The minimum absolute atomic E-state index is 0.163. The first-order valence-electron chi connectivity index (χ1n) is 13.2. The molecule has 3 rings (SSSR count). The number of amides is 2. The van der Waals surface area contributed by atoms with Crippen LogP contribution in [0.2, 0.25) is 0 Å². The van der Waals surface area contributed by atoms with Crippen molar-refractivity contribution in [2.75, 3.05) is 23.7 Å². The highest BCUT2D eigenvalue weighted by molar-refractivity contribution is 7.92. The Hall–Kier alpha value is -3.65. The Morgan fingerprint density at radius 3 is 1.87 bits per heavy atom. The van der Waals surface area contributed by atoms with Gasteiger partial charge in [-0.15, -0.1) is 0 Å². The molecule has 1 N–H and O–H groups in total. The summed E-state index contributed by atoms with van der Waals surface area (Å²) in [7, 11) is -3.81. The van der Waals surface area contributed by atoms with Crippen LogP contribution in [0.15, 0.2) is 78.9 Å². The molecule has 0 unspecified atom stereocenters. The topological polar surface area (TPSA) is 86.8 Å². The zero-order valence-corrected chi connectivity index (χ0v) is 24.2. The second-order valence-electron chi connectivity index (χ2n) is 10.4. The molecule has 0 aromatic heterocycles. The molecule has 0 heterocycles. The second kappa shape index (κ2) is 13.4. The van der Waals surface area contributed by atoms with Crippen molar-refractivity contribution >= 4 is 27.5 Å². The predicted octanol–water partition coefficient (Wildman–Crippen LogP) is 4.48. The molecule has 0 radical (unpaired) electrons. The van der Waals surface area contributed by atoms with E-state index < -0.39 is 28.5 Å². The normalized spacial score (nSPS) is 12.2. The largest absolute Gasteiger partial charge is 0.354 e. The summed E-state index contributed by atoms with van der Waals surface area (Å²) >= 11 is 0. The van der Waals surface area contributed by atoms with Crippen molar-refractivity contribution in [3.8, 4) is 0 Å². The summed E-state index contributed by atoms with van der Waals surface area (Å²) in [6.45, 7) is 7.88. The van der Waals surface area contributed by atoms with Gasteiger partial charge in [0.15, 0.2) is 0 Å². The molecular formula is C31H39N3O4S. The molecule has 39 heavy (non-hydrogen) atoms. The van der Waals surface area contributed by atoms with Crippen molar-refractivity contribution < 1.29 is 18.0 Å². The fraction of sp³-hybridized carbons (Fsp3) is 0.355. The molecule has 8 heteroatoms. The van der Waals surface area contributed by atoms with Crippen LogP contribution in [0, 0.1) is 19.8 Å². The molecule has 2 amide bonds. The van der Waals surface area contributed by atoms with Crippen LogP contribution in [0.1, 0.15) is 36.1 Å². The number of hydrogen-bond donors (Lipinski definition) is 1. The van der Waals surface area contributed by atoms with Gasteiger partial charge in [-0.1, -0.05) is 92.7 Å². The smallest absolute Gasteiger partial charge is 0.244 e. The van der Waals surface area contributed by atoms with Crippen molar-refractivity contribution in [3.05, 3.63) is 101 Å². The molecule has 7 nitrogen and oxygen atoms in total. The van der Waals surface area contributed by atoms with Gasteiger partial charge in [0.05, 0.1) is 11.9 Å². The average molecular weight is 550 g/mol. The number of carbonyl (C=O) groups is 2. The van der Waals surface area contributed by atoms with Gasteiger partial charge < -0.3 is 10.2 Å². The number of para-hydroxylation sites is 1. The van der Waals surface area contributed by atoms with Crippen LogP contribution < -0.4 is 9.62 Å². The van der Waals surface area contributed by atoms with Crippen LogP contribution >= 0.6 is 0 Å². The van der Waals surface area contributed by atoms with Crippen molar-refractivity contribution in [1.29, 1.82) is 0 Å². The summed E-state index contributed by atoms with van der Waals surface area (Å²) in [4.78, 5) is 29.2. The number of nitrogens with zero attached hydrogens (tertiary/aromatic N) is 2. The molecule has 208 valence electrons. The molecule has 0 saturated carbocycles. The van der Waals surface area contributed by atoms with E-state index in [0.29, 0.717) is 18.7 Å². The van der Waals surface area contributed by atoms with E-state index in [4.69, 9.17) is 0 Å². The predicted molar refractivity (Wildman–Crippen MR) is 157 cm³/mol. The molecular weight excluding hydrogens is 510 g/mol. The lowest BCUT2D eigenvalue weighted by atomic mass is 10.0. The maximum absolute atomic E-state index is 14.1. The summed E-state index contributed by atoms with van der Waals surface area (Å²) < 4.78 is 27.2. The van der Waals surface area contributed by atoms with E-state index in [2.05, 4.69) is 5.32 Å². The maximum Gasteiger partial charge on any atom is 0.244 e. The van der Waals surface area contributed by atoms with E-state index in [1.807, 2.05) is 107 Å². The lowest BCUT2D eigenvalue weighted by molar-refractivity contribution is -0.140. The minimum atomic E-state index is -3.81. The van der Waals surface area contributed by atoms with Crippen LogP contribution in [0.5, 0.6) is 0 Å². The van der Waals surface area contributed by atoms with Crippen molar-refractivity contribution in [3.63, 3.8) is 0 Å². The lowest BCUT2D eigenvalue weighted by Crippen LogP contribution is -2.53. The molecule has 0 aliphatic heterocycles. The van der Waals surface area contributed by atoms with E-state index in [0.717, 1.165) is 32.8 Å². The molecule has 0 fully saturated rings. The molecule has 0 bridgehead atoms. The highest BCUT2D eigenvalue weighted by Crippen LogP contribution is 2.27. The average Bonchev–Trinajstić information content (AvgIpc) is 2.89. The molecule has 0 saturated heterocycles. The minimum Gasteiger partial charge on any atom is -0.354 e. The van der Waals surface area contributed by atoms with Gasteiger partial charge in [-0.2, -0.15) is 0 Å². The van der Waals surface area contributed by atoms with Crippen LogP contribution in [-0.2, 0) is 32.6 Å². The zero-order valence-electron chi connectivity index (χ0n) is 23.4. The lowest BCUT2D eigenvalue weighted by Gasteiger charge is -2.34. The molecule has 0 spiro atoms. The Morgan fingerprint density at radius 2 is 1.36 bits per heavy atom. The van der Waals surface area contributed by atoms with Crippen LogP contribution in [0.4, 0.5) is 5.69 Å². The highest BCUT2D eigenvalue weighted by atomic mass is 32.2. The number of aryl methyl sites for hydroxylation is 2. The van der Waals surface area contributed by atoms with Crippen LogP contribution in [0.3, 0.4) is 0 Å². The first-order chi connectivity index (χ1) is 18.5. The van der Waals surface area contributed by atoms with Crippen LogP contribution in [0.25, 0.3) is 0 Å². The van der Waals surface area contributed by atoms with Gasteiger partial charge in [0, 0.05) is 19.5 Å². The fourth-order valence-electron chi connectivity index (χ4n) is 4.53. The summed E-state index contributed by atoms with van der Waals surface area (Å²) in [5.74, 6) is -0.489. The molecule has 0 aliphatic rings. The van der Waals surface area contributed by atoms with Gasteiger partial charge in [-0.3, -0.25) is 13.9 Å². The maximum atomic E-state index is 14.1. The van der Waals surface area contributed by atoms with Crippen LogP contribution in [-0.4, -0.2) is 50.5 Å². The number of hydrogen-bond acceptors (Lipinski definition) is 4. The summed E-state index contributed by atoms with van der Waals surface area (Å²) in [6.07, 6.45) is 1.40. The number of sulfonamides is 1. The van der Waals surface area contributed by atoms with Crippen molar-refractivity contribution in [1.82, 2.24) is 10.2 Å². The Morgan fingerprint density at radius 1 is 0.821 bits per heavy atom. The van der Waals surface area contributed by atoms with Gasteiger partial charge >= 0.3 is 0 Å². The monoisotopic (exact) mass is 549 g/mol. The van der Waals surface area contributed by atoms with Gasteiger partial charge in [0.2, 0.25) is 21.8 Å². The fourth-order valence-corrected chi connectivity index (χ4v) is 5.50. The Kier molecular flexibility index (Phi) is 10.3. The molecule has 3 aromatic rings. The van der Waals surface area contributed by atoms with E-state index in [-0.39, 0.29) is 18.4 Å². The Bertz CT molecular complexity index is 1340. The molecule has 3 aromatic carbocycles. The van der Waals surface area contributed by atoms with E-state index >= 15 is 0 Å². The summed E-state index contributed by atoms with van der Waals surface area (Å²) in [6, 6.07) is 23.6. The molecule has 0 aliphatic carbocycles. The highest BCUT2D eigenvalue weighted by Gasteiger charge is 2.33. The Labute approximate surface area is 232 Å². The van der Waals surface area contributed by atoms with E-state index in [1.54, 1.807) is 0 Å². The summed E-state index contributed by atoms with van der Waals surface area (Å²) in [5, 5.41) is 2.99. The first-order valence-corrected chi connectivity index (χ1v) is 15.0. The standard InChI is InChI=1S/C31H39N3O4S/c1-23(2)20-32-31(36)28(19-26-15-8-6-9-16-26)33(21-27-17-10-7-11-18-27)29(35)22-34(39(5,37)38)30-24(3)13-12-14-25(30)4/h6-18,23,28H,19-22H2,1-5H3,(H,32,36)/t28-/m0/s1. The third kappa shape index (κ3) is 8.42. The van der Waals surface area contributed by atoms with Crippen molar-refractivity contribution in [2.24, 2.45) is 5.92 Å². The van der Waals surface area contributed by atoms with Gasteiger partial charge in [-0.25, -0.2) is 8.42 Å². The third-order valence-corrected chi connectivity index (χ3v) is 7.63. The first kappa shape index (κ1) is 29.9. The second-order valence-corrected chi connectivity index (χ2v) is 12.3. The number of nitrogens with one attached hydrogen (secondary N) is 1. The summed E-state index contributed by atoms with van der Waals surface area (Å²) in [5.41, 5.74) is 3.73. The van der Waals surface area contributed by atoms with Gasteiger partial charge in [-0.05, 0) is 42.0 Å².